The summed E-state index contributed by atoms with van der Waals surface area (Å²) in [6, 6.07) is 7.18. The molecule has 1 N–H and O–H groups in total. The van der Waals surface area contributed by atoms with Crippen molar-refractivity contribution in [2.75, 3.05) is 6.54 Å². The van der Waals surface area contributed by atoms with Gasteiger partial charge < -0.3 is 5.32 Å². The topological polar surface area (TPSA) is 12.0 Å². The van der Waals surface area contributed by atoms with E-state index in [-0.39, 0.29) is 0 Å². The summed E-state index contributed by atoms with van der Waals surface area (Å²) in [5, 5.41) is 3.62. The molecular formula is C17H28BrN. The Kier molecular flexibility index (Phi) is 8.40. The van der Waals surface area contributed by atoms with Crippen molar-refractivity contribution in [2.24, 2.45) is 0 Å². The molecule has 1 aromatic carbocycles. The summed E-state index contributed by atoms with van der Waals surface area (Å²) in [4.78, 5) is 0. The number of unbranched alkanes of at least 4 members (excludes halogenated alkanes) is 4. The highest BCUT2D eigenvalue weighted by atomic mass is 79.9. The normalized spacial score (nSPS) is 12.6. The summed E-state index contributed by atoms with van der Waals surface area (Å²) in [7, 11) is 0. The van der Waals surface area contributed by atoms with E-state index in [2.05, 4.69) is 60.2 Å². The molecule has 1 nitrogen and oxygen atoms in total. The van der Waals surface area contributed by atoms with Gasteiger partial charge in [-0.3, -0.25) is 0 Å². The van der Waals surface area contributed by atoms with E-state index in [0.717, 1.165) is 6.54 Å². The highest BCUT2D eigenvalue weighted by molar-refractivity contribution is 9.10. The summed E-state index contributed by atoms with van der Waals surface area (Å²) >= 11 is 3.71. The van der Waals surface area contributed by atoms with Crippen molar-refractivity contribution in [3.8, 4) is 0 Å². The molecule has 1 atom stereocenters. The third-order valence-electron chi connectivity index (χ3n) is 3.58. The molecule has 0 aromatic heterocycles. The Morgan fingerprint density at radius 1 is 1.11 bits per heavy atom. The molecule has 1 unspecified atom stereocenters. The van der Waals surface area contributed by atoms with E-state index in [1.807, 2.05) is 0 Å². The Morgan fingerprint density at radius 2 is 1.84 bits per heavy atom. The van der Waals surface area contributed by atoms with Crippen LogP contribution in [0.25, 0.3) is 0 Å². The van der Waals surface area contributed by atoms with Crippen LogP contribution in [0.4, 0.5) is 0 Å². The van der Waals surface area contributed by atoms with E-state index < -0.39 is 0 Å². The number of hydrogen-bond donors (Lipinski definition) is 1. The second-order valence-electron chi connectivity index (χ2n) is 5.34. The van der Waals surface area contributed by atoms with Gasteiger partial charge in [0, 0.05) is 10.5 Å². The first-order valence-electron chi connectivity index (χ1n) is 7.68. The van der Waals surface area contributed by atoms with Gasteiger partial charge >= 0.3 is 0 Å². The van der Waals surface area contributed by atoms with Gasteiger partial charge in [-0.1, -0.05) is 74.0 Å². The average Bonchev–Trinajstić information content (AvgIpc) is 2.38. The lowest BCUT2D eigenvalue weighted by atomic mass is 9.99. The average molecular weight is 326 g/mol. The van der Waals surface area contributed by atoms with E-state index in [4.69, 9.17) is 0 Å². The Bertz CT molecular complexity index is 362. The molecule has 0 aliphatic rings. The maximum atomic E-state index is 3.71. The zero-order chi connectivity index (χ0) is 14.1. The maximum absolute atomic E-state index is 3.71. The van der Waals surface area contributed by atoms with Crippen LogP contribution in [0.15, 0.2) is 22.7 Å². The minimum atomic E-state index is 0.488. The largest absolute Gasteiger partial charge is 0.310 e. The van der Waals surface area contributed by atoms with Gasteiger partial charge in [0.15, 0.2) is 0 Å². The van der Waals surface area contributed by atoms with Gasteiger partial charge in [-0.05, 0) is 37.1 Å². The summed E-state index contributed by atoms with van der Waals surface area (Å²) in [5.74, 6) is 0. The highest BCUT2D eigenvalue weighted by Gasteiger charge is 2.13. The predicted octanol–water partition coefficient (Wildman–Crippen LogP) is 5.77. The van der Waals surface area contributed by atoms with E-state index in [0.29, 0.717) is 6.04 Å². The van der Waals surface area contributed by atoms with Gasteiger partial charge in [0.25, 0.3) is 0 Å². The molecule has 108 valence electrons. The van der Waals surface area contributed by atoms with Crippen LogP contribution in [0.2, 0.25) is 0 Å². The SMILES string of the molecule is CCCCCCCC(NCC)c1ccc(C)cc1Br. The van der Waals surface area contributed by atoms with Crippen LogP contribution in [0.5, 0.6) is 0 Å². The summed E-state index contributed by atoms with van der Waals surface area (Å²) < 4.78 is 1.24. The fourth-order valence-corrected chi connectivity index (χ4v) is 3.25. The van der Waals surface area contributed by atoms with E-state index in [1.54, 1.807) is 0 Å². The van der Waals surface area contributed by atoms with E-state index >= 15 is 0 Å². The standard InChI is InChI=1S/C17H28BrN/c1-4-6-7-8-9-10-17(19-5-2)15-12-11-14(3)13-16(15)18/h11-13,17,19H,4-10H2,1-3H3. The number of nitrogens with one attached hydrogen (secondary N) is 1. The molecule has 1 aromatic rings. The molecule has 0 spiro atoms. The summed E-state index contributed by atoms with van der Waals surface area (Å²) in [6.07, 6.45) is 7.99. The molecule has 0 fully saturated rings. The van der Waals surface area contributed by atoms with Gasteiger partial charge in [-0.15, -0.1) is 0 Å². The molecule has 0 amide bonds. The Hall–Kier alpha value is -0.340. The number of halogens is 1. The Labute approximate surface area is 127 Å². The van der Waals surface area contributed by atoms with Crippen LogP contribution in [0, 0.1) is 6.92 Å². The number of hydrogen-bond acceptors (Lipinski definition) is 1. The molecule has 1 rings (SSSR count). The van der Waals surface area contributed by atoms with Gasteiger partial charge in [-0.2, -0.15) is 0 Å². The lowest BCUT2D eigenvalue weighted by molar-refractivity contribution is 0.477. The smallest absolute Gasteiger partial charge is 0.0331 e. The molecule has 0 radical (unpaired) electrons. The predicted molar refractivity (Wildman–Crippen MR) is 88.7 cm³/mol. The molecule has 0 aliphatic heterocycles. The van der Waals surface area contributed by atoms with Crippen molar-refractivity contribution < 1.29 is 0 Å². The van der Waals surface area contributed by atoms with Crippen LogP contribution in [-0.4, -0.2) is 6.54 Å². The molecular weight excluding hydrogens is 298 g/mol. The highest BCUT2D eigenvalue weighted by Crippen LogP contribution is 2.28. The molecule has 0 saturated carbocycles. The number of benzene rings is 1. The second kappa shape index (κ2) is 9.55. The lowest BCUT2D eigenvalue weighted by Crippen LogP contribution is -2.21. The monoisotopic (exact) mass is 325 g/mol. The summed E-state index contributed by atoms with van der Waals surface area (Å²) in [6.45, 7) is 7.62. The minimum absolute atomic E-state index is 0.488. The Balaban J connectivity index is 2.55. The van der Waals surface area contributed by atoms with Crippen molar-refractivity contribution in [2.45, 2.75) is 65.3 Å². The van der Waals surface area contributed by atoms with Crippen LogP contribution < -0.4 is 5.32 Å². The first kappa shape index (κ1) is 16.7. The first-order chi connectivity index (χ1) is 9.19. The molecule has 2 heteroatoms. The fraction of sp³-hybridized carbons (Fsp3) is 0.647. The summed E-state index contributed by atoms with van der Waals surface area (Å²) in [5.41, 5.74) is 2.72. The first-order valence-corrected chi connectivity index (χ1v) is 8.47. The molecule has 0 aliphatic carbocycles. The fourth-order valence-electron chi connectivity index (χ4n) is 2.48. The quantitative estimate of drug-likeness (QED) is 0.568. The van der Waals surface area contributed by atoms with Gasteiger partial charge in [0.1, 0.15) is 0 Å². The Morgan fingerprint density at radius 3 is 2.47 bits per heavy atom. The van der Waals surface area contributed by atoms with Crippen molar-refractivity contribution >= 4 is 15.9 Å². The van der Waals surface area contributed by atoms with Crippen molar-refractivity contribution in [3.63, 3.8) is 0 Å². The van der Waals surface area contributed by atoms with E-state index in [1.165, 1.54) is 54.1 Å². The van der Waals surface area contributed by atoms with Crippen LogP contribution in [0.3, 0.4) is 0 Å². The molecule has 0 heterocycles. The third kappa shape index (κ3) is 6.09. The van der Waals surface area contributed by atoms with Crippen LogP contribution >= 0.6 is 15.9 Å². The van der Waals surface area contributed by atoms with Crippen LogP contribution in [0.1, 0.15) is 69.5 Å². The van der Waals surface area contributed by atoms with Crippen molar-refractivity contribution in [1.29, 1.82) is 0 Å². The third-order valence-corrected chi connectivity index (χ3v) is 4.27. The number of aryl methyl sites for hydroxylation is 1. The molecule has 0 saturated heterocycles. The minimum Gasteiger partial charge on any atom is -0.310 e. The molecule has 0 bridgehead atoms. The van der Waals surface area contributed by atoms with Gasteiger partial charge in [0.05, 0.1) is 0 Å². The molecule has 19 heavy (non-hydrogen) atoms. The van der Waals surface area contributed by atoms with Crippen molar-refractivity contribution in [3.05, 3.63) is 33.8 Å². The number of rotatable bonds is 9. The van der Waals surface area contributed by atoms with E-state index in [9.17, 15) is 0 Å². The lowest BCUT2D eigenvalue weighted by Gasteiger charge is -2.20. The van der Waals surface area contributed by atoms with Crippen molar-refractivity contribution in [1.82, 2.24) is 5.32 Å². The zero-order valence-corrected chi connectivity index (χ0v) is 14.2. The second-order valence-corrected chi connectivity index (χ2v) is 6.19. The van der Waals surface area contributed by atoms with Gasteiger partial charge in [0.2, 0.25) is 0 Å². The van der Waals surface area contributed by atoms with Crippen LogP contribution in [-0.2, 0) is 0 Å². The maximum Gasteiger partial charge on any atom is 0.0331 e. The zero-order valence-electron chi connectivity index (χ0n) is 12.6. The van der Waals surface area contributed by atoms with Gasteiger partial charge in [-0.25, -0.2) is 0 Å².